The molecule has 0 aliphatic heterocycles. The highest BCUT2D eigenvalue weighted by Gasteiger charge is 2.26. The van der Waals surface area contributed by atoms with Crippen molar-refractivity contribution in [3.05, 3.63) is 10.4 Å². The number of azide groups is 1. The molecule has 0 aromatic heterocycles. The third-order valence-electron chi connectivity index (χ3n) is 3.09. The van der Waals surface area contributed by atoms with E-state index in [1.807, 2.05) is 20.8 Å². The fourth-order valence-corrected chi connectivity index (χ4v) is 1.57. The second-order valence-electron chi connectivity index (χ2n) is 5.97. The Kier molecular flexibility index (Phi) is 9.41. The number of ketones is 1. The molecule has 1 unspecified atom stereocenters. The van der Waals surface area contributed by atoms with E-state index in [0.29, 0.717) is 13.0 Å². The molecule has 0 aromatic carbocycles. The van der Waals surface area contributed by atoms with Gasteiger partial charge in [0.25, 0.3) is 0 Å². The molecule has 0 rings (SSSR count). The van der Waals surface area contributed by atoms with Crippen LogP contribution in [0.3, 0.4) is 0 Å². The van der Waals surface area contributed by atoms with Gasteiger partial charge in [0, 0.05) is 24.3 Å². The second kappa shape index (κ2) is 10.2. The summed E-state index contributed by atoms with van der Waals surface area (Å²) in [5.41, 5.74) is 8.23. The monoisotopic (exact) mass is 299 g/mol. The van der Waals surface area contributed by atoms with Crippen LogP contribution in [0.4, 0.5) is 0 Å². The Hall–Kier alpha value is -1.59. The SMILES string of the molecule is CC(=O)CCOCCOC(=O)CC(CN=[N+]=[N-])C(C)(C)C. The topological polar surface area (TPSA) is 101 Å². The Morgan fingerprint density at radius 2 is 1.90 bits per heavy atom. The van der Waals surface area contributed by atoms with Crippen molar-refractivity contribution >= 4 is 11.8 Å². The Morgan fingerprint density at radius 3 is 2.43 bits per heavy atom. The fraction of sp³-hybridized carbons (Fsp3) is 0.857. The van der Waals surface area contributed by atoms with Gasteiger partial charge in [-0.1, -0.05) is 25.9 Å². The molecule has 0 fully saturated rings. The highest BCUT2D eigenvalue weighted by molar-refractivity contribution is 5.75. The number of hydrogen-bond donors (Lipinski definition) is 0. The second-order valence-corrected chi connectivity index (χ2v) is 5.97. The van der Waals surface area contributed by atoms with E-state index in [1.54, 1.807) is 0 Å². The third-order valence-corrected chi connectivity index (χ3v) is 3.09. The van der Waals surface area contributed by atoms with Gasteiger partial charge in [0.05, 0.1) is 13.2 Å². The lowest BCUT2D eigenvalue weighted by Crippen LogP contribution is -2.27. The number of esters is 1. The van der Waals surface area contributed by atoms with Gasteiger partial charge in [0.1, 0.15) is 12.4 Å². The summed E-state index contributed by atoms with van der Waals surface area (Å²) in [6, 6.07) is 0. The number of Topliss-reactive ketones (excluding diaryl/α,β-unsaturated/α-hetero) is 1. The number of hydrogen-bond acceptors (Lipinski definition) is 5. The molecule has 0 heterocycles. The largest absolute Gasteiger partial charge is 0.463 e. The van der Waals surface area contributed by atoms with Crippen molar-refractivity contribution in [1.29, 1.82) is 0 Å². The van der Waals surface area contributed by atoms with E-state index in [1.165, 1.54) is 6.92 Å². The fourth-order valence-electron chi connectivity index (χ4n) is 1.57. The summed E-state index contributed by atoms with van der Waals surface area (Å²) in [6.07, 6.45) is 0.572. The van der Waals surface area contributed by atoms with Crippen LogP contribution in [0, 0.1) is 11.3 Å². The minimum absolute atomic E-state index is 0.0676. The molecule has 0 N–H and O–H groups in total. The first-order valence-corrected chi connectivity index (χ1v) is 7.01. The Labute approximate surface area is 125 Å². The van der Waals surface area contributed by atoms with E-state index in [0.717, 1.165) is 0 Å². The van der Waals surface area contributed by atoms with E-state index in [-0.39, 0.29) is 49.3 Å². The highest BCUT2D eigenvalue weighted by atomic mass is 16.6. The predicted octanol–water partition coefficient (Wildman–Crippen LogP) is 2.89. The van der Waals surface area contributed by atoms with Crippen molar-refractivity contribution in [3.8, 4) is 0 Å². The Morgan fingerprint density at radius 1 is 1.24 bits per heavy atom. The minimum atomic E-state index is -0.335. The molecule has 0 aromatic rings. The predicted molar refractivity (Wildman–Crippen MR) is 78.7 cm³/mol. The molecule has 7 heteroatoms. The van der Waals surface area contributed by atoms with Crippen molar-refractivity contribution in [2.24, 2.45) is 16.4 Å². The molecular weight excluding hydrogens is 274 g/mol. The maximum atomic E-state index is 11.7. The minimum Gasteiger partial charge on any atom is -0.463 e. The van der Waals surface area contributed by atoms with Gasteiger partial charge in [0.15, 0.2) is 0 Å². The summed E-state index contributed by atoms with van der Waals surface area (Å²) in [5.74, 6) is -0.337. The first kappa shape index (κ1) is 19.4. The van der Waals surface area contributed by atoms with Gasteiger partial charge in [-0.15, -0.1) is 0 Å². The van der Waals surface area contributed by atoms with Crippen LogP contribution in [0.15, 0.2) is 5.11 Å². The van der Waals surface area contributed by atoms with Crippen LogP contribution in [0.1, 0.15) is 40.5 Å². The zero-order valence-corrected chi connectivity index (χ0v) is 13.3. The van der Waals surface area contributed by atoms with Gasteiger partial charge >= 0.3 is 5.97 Å². The number of carbonyl (C=O) groups excluding carboxylic acids is 2. The van der Waals surface area contributed by atoms with Crippen LogP contribution in [-0.4, -0.2) is 38.1 Å². The number of rotatable bonds is 10. The van der Waals surface area contributed by atoms with E-state index in [9.17, 15) is 9.59 Å². The Bertz CT molecular complexity index is 384. The molecule has 0 amide bonds. The molecule has 1 atom stereocenters. The molecule has 7 nitrogen and oxygen atoms in total. The highest BCUT2D eigenvalue weighted by Crippen LogP contribution is 2.29. The van der Waals surface area contributed by atoms with Crippen LogP contribution in [0.5, 0.6) is 0 Å². The van der Waals surface area contributed by atoms with E-state index in [4.69, 9.17) is 15.0 Å². The average molecular weight is 299 g/mol. The molecule has 120 valence electrons. The molecule has 0 saturated heterocycles. The zero-order chi connectivity index (χ0) is 16.3. The molecule has 0 radical (unpaired) electrons. The van der Waals surface area contributed by atoms with Crippen molar-refractivity contribution in [1.82, 2.24) is 0 Å². The zero-order valence-electron chi connectivity index (χ0n) is 13.3. The summed E-state index contributed by atoms with van der Waals surface area (Å²) in [6.45, 7) is 8.51. The molecule has 0 bridgehead atoms. The van der Waals surface area contributed by atoms with E-state index in [2.05, 4.69) is 10.0 Å². The standard InChI is InChI=1S/C14H25N3O4/c1-11(18)5-6-20-7-8-21-13(19)9-12(10-16-17-15)14(2,3)4/h12H,5-10H2,1-4H3. The molecule has 0 aliphatic rings. The van der Waals surface area contributed by atoms with Gasteiger partial charge in [0.2, 0.25) is 0 Å². The number of nitrogens with zero attached hydrogens (tertiary/aromatic N) is 3. The summed E-state index contributed by atoms with van der Waals surface area (Å²) in [4.78, 5) is 25.2. The molecule has 0 spiro atoms. The lowest BCUT2D eigenvalue weighted by molar-refractivity contribution is -0.147. The first-order chi connectivity index (χ1) is 9.77. The van der Waals surface area contributed by atoms with Crippen LogP contribution < -0.4 is 0 Å². The summed E-state index contributed by atoms with van der Waals surface area (Å²) >= 11 is 0. The number of carbonyl (C=O) groups is 2. The van der Waals surface area contributed by atoms with Crippen molar-refractivity contribution < 1.29 is 19.1 Å². The normalized spacial score (nSPS) is 12.4. The molecule has 0 aliphatic carbocycles. The molecular formula is C14H25N3O4. The maximum Gasteiger partial charge on any atom is 0.306 e. The smallest absolute Gasteiger partial charge is 0.306 e. The number of ether oxygens (including phenoxy) is 2. The first-order valence-electron chi connectivity index (χ1n) is 7.01. The van der Waals surface area contributed by atoms with Gasteiger partial charge < -0.3 is 9.47 Å². The lowest BCUT2D eigenvalue weighted by atomic mass is 9.79. The average Bonchev–Trinajstić information content (AvgIpc) is 2.36. The summed E-state index contributed by atoms with van der Waals surface area (Å²) < 4.78 is 10.2. The lowest BCUT2D eigenvalue weighted by Gasteiger charge is -2.28. The van der Waals surface area contributed by atoms with Gasteiger partial charge in [-0.25, -0.2) is 0 Å². The maximum absolute atomic E-state index is 11.7. The summed E-state index contributed by atoms with van der Waals surface area (Å²) in [5, 5.41) is 3.55. The van der Waals surface area contributed by atoms with Crippen molar-refractivity contribution in [2.75, 3.05) is 26.4 Å². The molecule has 21 heavy (non-hydrogen) atoms. The van der Waals surface area contributed by atoms with E-state index >= 15 is 0 Å². The quantitative estimate of drug-likeness (QED) is 0.203. The van der Waals surface area contributed by atoms with Crippen LogP contribution in [0.25, 0.3) is 10.4 Å². The van der Waals surface area contributed by atoms with Crippen LogP contribution in [-0.2, 0) is 19.1 Å². The van der Waals surface area contributed by atoms with Crippen LogP contribution in [0.2, 0.25) is 0 Å². The van der Waals surface area contributed by atoms with Gasteiger partial charge in [-0.2, -0.15) is 0 Å². The van der Waals surface area contributed by atoms with Crippen LogP contribution >= 0.6 is 0 Å². The van der Waals surface area contributed by atoms with Gasteiger partial charge in [-0.05, 0) is 23.8 Å². The summed E-state index contributed by atoms with van der Waals surface area (Å²) in [7, 11) is 0. The van der Waals surface area contributed by atoms with Crippen molar-refractivity contribution in [2.45, 2.75) is 40.5 Å². The van der Waals surface area contributed by atoms with E-state index < -0.39 is 0 Å². The Balaban J connectivity index is 3.98. The third kappa shape index (κ3) is 10.8. The van der Waals surface area contributed by atoms with Crippen molar-refractivity contribution in [3.63, 3.8) is 0 Å². The molecule has 0 saturated carbocycles. The van der Waals surface area contributed by atoms with Gasteiger partial charge in [-0.3, -0.25) is 9.59 Å².